The summed E-state index contributed by atoms with van der Waals surface area (Å²) < 4.78 is 0. The molecular formula is C21H25N3OS. The molecule has 136 valence electrons. The van der Waals surface area contributed by atoms with Gasteiger partial charge in [0.2, 0.25) is 5.91 Å². The third-order valence-corrected chi connectivity index (χ3v) is 5.48. The van der Waals surface area contributed by atoms with E-state index in [1.165, 1.54) is 10.6 Å². The Bertz CT molecular complexity index is 723. The number of benzene rings is 1. The number of hydrogen-bond donors (Lipinski definition) is 1. The van der Waals surface area contributed by atoms with Gasteiger partial charge >= 0.3 is 0 Å². The minimum atomic E-state index is -0.0198. The van der Waals surface area contributed by atoms with Gasteiger partial charge in [0.05, 0.1) is 11.9 Å². The van der Waals surface area contributed by atoms with Crippen molar-refractivity contribution >= 4 is 29.4 Å². The largest absolute Gasteiger partial charge is 0.370 e. The van der Waals surface area contributed by atoms with Gasteiger partial charge in [0, 0.05) is 36.8 Å². The molecule has 3 rings (SSSR count). The highest BCUT2D eigenvalue weighted by Gasteiger charge is 2.19. The second-order valence-electron chi connectivity index (χ2n) is 6.49. The number of rotatable bonds is 6. The SMILES string of the molecule is CSc1ccc(/C=C/C(=O)NCC2CCN(c3cccnc3)CC2)cc1. The molecular weight excluding hydrogens is 342 g/mol. The highest BCUT2D eigenvalue weighted by Crippen LogP contribution is 2.22. The molecule has 1 saturated heterocycles. The van der Waals surface area contributed by atoms with Crippen molar-refractivity contribution in [2.45, 2.75) is 17.7 Å². The average Bonchev–Trinajstić information content (AvgIpc) is 2.72. The van der Waals surface area contributed by atoms with Crippen molar-refractivity contribution in [2.24, 2.45) is 5.92 Å². The van der Waals surface area contributed by atoms with Crippen molar-refractivity contribution in [3.63, 3.8) is 0 Å². The number of pyridine rings is 1. The van der Waals surface area contributed by atoms with Gasteiger partial charge in [0.25, 0.3) is 0 Å². The number of aromatic nitrogens is 1. The monoisotopic (exact) mass is 367 g/mol. The third-order valence-electron chi connectivity index (χ3n) is 4.73. The first-order valence-corrected chi connectivity index (χ1v) is 10.2. The Labute approximate surface area is 159 Å². The Morgan fingerprint density at radius 1 is 1.27 bits per heavy atom. The smallest absolute Gasteiger partial charge is 0.244 e. The van der Waals surface area contributed by atoms with E-state index in [4.69, 9.17) is 0 Å². The van der Waals surface area contributed by atoms with Crippen LogP contribution in [0.5, 0.6) is 0 Å². The standard InChI is InChI=1S/C21H25N3OS/c1-26-20-7-4-17(5-8-20)6-9-21(25)23-15-18-10-13-24(14-11-18)19-3-2-12-22-16-19/h2-9,12,16,18H,10-11,13-15H2,1H3,(H,23,25)/b9-6+. The van der Waals surface area contributed by atoms with Gasteiger partial charge in [-0.3, -0.25) is 9.78 Å². The summed E-state index contributed by atoms with van der Waals surface area (Å²) in [6.45, 7) is 2.78. The molecule has 1 fully saturated rings. The number of carbonyl (C=O) groups is 1. The summed E-state index contributed by atoms with van der Waals surface area (Å²) in [7, 11) is 0. The van der Waals surface area contributed by atoms with Gasteiger partial charge in [-0.25, -0.2) is 0 Å². The first-order valence-electron chi connectivity index (χ1n) is 8.99. The minimum absolute atomic E-state index is 0.0198. The molecule has 5 heteroatoms. The summed E-state index contributed by atoms with van der Waals surface area (Å²) in [5, 5.41) is 3.04. The van der Waals surface area contributed by atoms with Crippen molar-refractivity contribution in [2.75, 3.05) is 30.8 Å². The summed E-state index contributed by atoms with van der Waals surface area (Å²) >= 11 is 1.71. The first-order chi connectivity index (χ1) is 12.7. The molecule has 0 bridgehead atoms. The molecule has 0 atom stereocenters. The Kier molecular flexibility index (Phi) is 6.72. The summed E-state index contributed by atoms with van der Waals surface area (Å²) in [5.74, 6) is 0.523. The number of thioether (sulfide) groups is 1. The fourth-order valence-corrected chi connectivity index (χ4v) is 3.54. The van der Waals surface area contributed by atoms with Crippen LogP contribution in [0.3, 0.4) is 0 Å². The molecule has 1 N–H and O–H groups in total. The zero-order chi connectivity index (χ0) is 18.2. The van der Waals surface area contributed by atoms with E-state index >= 15 is 0 Å². The van der Waals surface area contributed by atoms with Gasteiger partial charge in [0.1, 0.15) is 0 Å². The molecule has 0 radical (unpaired) electrons. The van der Waals surface area contributed by atoms with Crippen LogP contribution in [0.15, 0.2) is 59.8 Å². The van der Waals surface area contributed by atoms with E-state index in [9.17, 15) is 4.79 Å². The van der Waals surface area contributed by atoms with Crippen molar-refractivity contribution < 1.29 is 4.79 Å². The summed E-state index contributed by atoms with van der Waals surface area (Å²) in [4.78, 5) is 19.8. The molecule has 2 heterocycles. The van der Waals surface area contributed by atoms with Crippen LogP contribution in [0.2, 0.25) is 0 Å². The van der Waals surface area contributed by atoms with E-state index in [-0.39, 0.29) is 5.91 Å². The first kappa shape index (κ1) is 18.5. The Morgan fingerprint density at radius 3 is 2.69 bits per heavy atom. The van der Waals surface area contributed by atoms with Crippen molar-refractivity contribution in [1.82, 2.24) is 10.3 Å². The molecule has 2 aromatic rings. The molecule has 1 aliphatic rings. The maximum atomic E-state index is 12.0. The lowest BCUT2D eigenvalue weighted by molar-refractivity contribution is -0.116. The predicted molar refractivity (Wildman–Crippen MR) is 109 cm³/mol. The van der Waals surface area contributed by atoms with Crippen LogP contribution < -0.4 is 10.2 Å². The summed E-state index contributed by atoms with van der Waals surface area (Å²) in [5.41, 5.74) is 2.23. The summed E-state index contributed by atoms with van der Waals surface area (Å²) in [6.07, 6.45) is 11.4. The zero-order valence-electron chi connectivity index (χ0n) is 15.1. The molecule has 0 saturated carbocycles. The summed E-state index contributed by atoms with van der Waals surface area (Å²) in [6, 6.07) is 12.3. The van der Waals surface area contributed by atoms with Crippen LogP contribution in [-0.2, 0) is 4.79 Å². The number of amides is 1. The zero-order valence-corrected chi connectivity index (χ0v) is 15.9. The fourth-order valence-electron chi connectivity index (χ4n) is 3.13. The second kappa shape index (κ2) is 9.43. The van der Waals surface area contributed by atoms with Crippen LogP contribution in [0.1, 0.15) is 18.4 Å². The van der Waals surface area contributed by atoms with E-state index in [1.54, 1.807) is 24.0 Å². The van der Waals surface area contributed by atoms with Gasteiger partial charge in [-0.1, -0.05) is 12.1 Å². The lowest BCUT2D eigenvalue weighted by Crippen LogP contribution is -2.38. The lowest BCUT2D eigenvalue weighted by Gasteiger charge is -2.33. The third kappa shape index (κ3) is 5.36. The topological polar surface area (TPSA) is 45.2 Å². The number of hydrogen-bond acceptors (Lipinski definition) is 4. The van der Waals surface area contributed by atoms with Crippen molar-refractivity contribution in [1.29, 1.82) is 0 Å². The van der Waals surface area contributed by atoms with Crippen LogP contribution in [-0.4, -0.2) is 36.8 Å². The molecule has 4 nitrogen and oxygen atoms in total. The van der Waals surface area contributed by atoms with Crippen LogP contribution in [0, 0.1) is 5.92 Å². The van der Waals surface area contributed by atoms with E-state index in [1.807, 2.05) is 30.5 Å². The molecule has 0 unspecified atom stereocenters. The van der Waals surface area contributed by atoms with E-state index in [2.05, 4.69) is 39.7 Å². The Morgan fingerprint density at radius 2 is 2.04 bits per heavy atom. The molecule has 1 aliphatic heterocycles. The quantitative estimate of drug-likeness (QED) is 0.622. The number of nitrogens with one attached hydrogen (secondary N) is 1. The average molecular weight is 368 g/mol. The van der Waals surface area contributed by atoms with Gasteiger partial charge < -0.3 is 10.2 Å². The number of nitrogens with zero attached hydrogens (tertiary/aromatic N) is 2. The number of carbonyl (C=O) groups excluding carboxylic acids is 1. The van der Waals surface area contributed by atoms with Crippen molar-refractivity contribution in [3.8, 4) is 0 Å². The molecule has 1 aromatic carbocycles. The molecule has 0 aliphatic carbocycles. The molecule has 26 heavy (non-hydrogen) atoms. The lowest BCUT2D eigenvalue weighted by atomic mass is 9.96. The molecule has 1 amide bonds. The number of piperidine rings is 1. The minimum Gasteiger partial charge on any atom is -0.370 e. The maximum absolute atomic E-state index is 12.0. The second-order valence-corrected chi connectivity index (χ2v) is 7.37. The van der Waals surface area contributed by atoms with E-state index < -0.39 is 0 Å². The highest BCUT2D eigenvalue weighted by atomic mass is 32.2. The van der Waals surface area contributed by atoms with E-state index in [0.29, 0.717) is 5.92 Å². The molecule has 0 spiro atoms. The Hall–Kier alpha value is -2.27. The maximum Gasteiger partial charge on any atom is 0.244 e. The van der Waals surface area contributed by atoms with Gasteiger partial charge in [-0.15, -0.1) is 11.8 Å². The van der Waals surface area contributed by atoms with E-state index in [0.717, 1.165) is 38.0 Å². The van der Waals surface area contributed by atoms with Gasteiger partial charge in [-0.2, -0.15) is 0 Å². The predicted octanol–water partition coefficient (Wildman–Crippen LogP) is 3.85. The van der Waals surface area contributed by atoms with Gasteiger partial charge in [-0.05, 0) is 60.9 Å². The Balaban J connectivity index is 1.40. The molecule has 1 aromatic heterocycles. The van der Waals surface area contributed by atoms with Crippen LogP contribution in [0.25, 0.3) is 6.08 Å². The normalized spacial score (nSPS) is 15.3. The van der Waals surface area contributed by atoms with Crippen molar-refractivity contribution in [3.05, 3.63) is 60.4 Å². The van der Waals surface area contributed by atoms with Gasteiger partial charge in [0.15, 0.2) is 0 Å². The van der Waals surface area contributed by atoms with Crippen LogP contribution >= 0.6 is 11.8 Å². The highest BCUT2D eigenvalue weighted by molar-refractivity contribution is 7.98. The number of anilines is 1. The fraction of sp³-hybridized carbons (Fsp3) is 0.333. The van der Waals surface area contributed by atoms with Crippen LogP contribution in [0.4, 0.5) is 5.69 Å².